The monoisotopic (exact) mass is 343 g/mol. The van der Waals surface area contributed by atoms with Crippen LogP contribution in [0.5, 0.6) is 0 Å². The Morgan fingerprint density at radius 1 is 1.00 bits per heavy atom. The number of benzene rings is 2. The third-order valence-electron chi connectivity index (χ3n) is 3.68. The second kappa shape index (κ2) is 8.27. The molecule has 0 radical (unpaired) electrons. The lowest BCUT2D eigenvalue weighted by atomic mass is 10.0. The van der Waals surface area contributed by atoms with E-state index in [1.165, 1.54) is 0 Å². The van der Waals surface area contributed by atoms with Crippen LogP contribution < -0.4 is 4.72 Å². The number of rotatable bonds is 7. The van der Waals surface area contributed by atoms with Gasteiger partial charge in [0, 0.05) is 6.04 Å². The van der Waals surface area contributed by atoms with Gasteiger partial charge in [0.05, 0.1) is 4.90 Å². The van der Waals surface area contributed by atoms with E-state index in [0.717, 1.165) is 17.5 Å². The fourth-order valence-electron chi connectivity index (χ4n) is 2.45. The predicted octanol–water partition coefficient (Wildman–Crippen LogP) is 4.40. The molecule has 2 aromatic rings. The van der Waals surface area contributed by atoms with Crippen molar-refractivity contribution in [2.75, 3.05) is 0 Å². The zero-order chi connectivity index (χ0) is 17.6. The van der Waals surface area contributed by atoms with Gasteiger partial charge in [-0.05, 0) is 37.0 Å². The molecule has 2 aromatic carbocycles. The molecule has 0 amide bonds. The van der Waals surface area contributed by atoms with E-state index in [-0.39, 0.29) is 6.04 Å². The zero-order valence-corrected chi connectivity index (χ0v) is 15.3. The molecule has 0 spiro atoms. The van der Waals surface area contributed by atoms with E-state index < -0.39 is 10.0 Å². The van der Waals surface area contributed by atoms with Crippen molar-refractivity contribution in [3.8, 4) is 0 Å². The highest BCUT2D eigenvalue weighted by Crippen LogP contribution is 2.15. The standard InChI is InChI=1S/C20H25NO2S/c1-16(2)15-19(12-11-18-7-5-4-6-8-18)21-24(22,23)20-13-9-17(3)10-14-20/h4-14,16,19,21H,15H2,1-3H3/b12-11+/t19-/m1/s1. The maximum absolute atomic E-state index is 12.6. The third-order valence-corrected chi connectivity index (χ3v) is 5.19. The molecule has 0 aliphatic heterocycles. The molecular weight excluding hydrogens is 318 g/mol. The van der Waals surface area contributed by atoms with Crippen LogP contribution in [0.25, 0.3) is 6.08 Å². The first-order chi connectivity index (χ1) is 11.4. The number of aryl methyl sites for hydroxylation is 1. The van der Waals surface area contributed by atoms with Gasteiger partial charge in [-0.25, -0.2) is 13.1 Å². The Bertz CT molecular complexity index is 763. The number of nitrogens with one attached hydrogen (secondary N) is 1. The Morgan fingerprint density at radius 2 is 1.62 bits per heavy atom. The highest BCUT2D eigenvalue weighted by molar-refractivity contribution is 7.89. The van der Waals surface area contributed by atoms with E-state index in [4.69, 9.17) is 0 Å². The van der Waals surface area contributed by atoms with E-state index in [1.54, 1.807) is 12.1 Å². The molecule has 2 rings (SSSR count). The van der Waals surface area contributed by atoms with E-state index in [9.17, 15) is 8.42 Å². The minimum Gasteiger partial charge on any atom is -0.207 e. The summed E-state index contributed by atoms with van der Waals surface area (Å²) in [5, 5.41) is 0. The van der Waals surface area contributed by atoms with E-state index in [0.29, 0.717) is 10.8 Å². The Hall–Kier alpha value is -1.91. The normalized spacial score (nSPS) is 13.5. The van der Waals surface area contributed by atoms with Gasteiger partial charge in [-0.1, -0.05) is 74.0 Å². The summed E-state index contributed by atoms with van der Waals surface area (Å²) in [5.41, 5.74) is 2.09. The summed E-state index contributed by atoms with van der Waals surface area (Å²) in [5.74, 6) is 0.385. The number of hydrogen-bond acceptors (Lipinski definition) is 2. The van der Waals surface area contributed by atoms with Crippen LogP contribution in [-0.4, -0.2) is 14.5 Å². The van der Waals surface area contributed by atoms with Crippen LogP contribution in [0, 0.1) is 12.8 Å². The van der Waals surface area contributed by atoms with E-state index in [2.05, 4.69) is 18.6 Å². The molecule has 1 N–H and O–H groups in total. The predicted molar refractivity (Wildman–Crippen MR) is 100 cm³/mol. The quantitative estimate of drug-likeness (QED) is 0.810. The van der Waals surface area contributed by atoms with Crippen molar-refractivity contribution in [1.29, 1.82) is 0 Å². The topological polar surface area (TPSA) is 46.2 Å². The van der Waals surface area contributed by atoms with Gasteiger partial charge in [0.1, 0.15) is 0 Å². The van der Waals surface area contributed by atoms with E-state index >= 15 is 0 Å². The fourth-order valence-corrected chi connectivity index (χ4v) is 3.65. The summed E-state index contributed by atoms with van der Waals surface area (Å²) in [6.07, 6.45) is 4.64. The van der Waals surface area contributed by atoms with Crippen molar-refractivity contribution in [2.45, 2.75) is 38.1 Å². The van der Waals surface area contributed by atoms with Gasteiger partial charge in [-0.3, -0.25) is 0 Å². The average molecular weight is 343 g/mol. The smallest absolute Gasteiger partial charge is 0.207 e. The van der Waals surface area contributed by atoms with Crippen LogP contribution in [0.1, 0.15) is 31.4 Å². The molecule has 0 saturated carbocycles. The SMILES string of the molecule is Cc1ccc(S(=O)(=O)N[C@H](/C=C/c2ccccc2)CC(C)C)cc1. The van der Waals surface area contributed by atoms with Gasteiger partial charge in [0.2, 0.25) is 10.0 Å². The Labute approximate surface area is 145 Å². The molecule has 128 valence electrons. The molecule has 1 atom stereocenters. The van der Waals surface area contributed by atoms with E-state index in [1.807, 2.05) is 61.5 Å². The van der Waals surface area contributed by atoms with Crippen molar-refractivity contribution in [2.24, 2.45) is 5.92 Å². The van der Waals surface area contributed by atoms with Crippen LogP contribution >= 0.6 is 0 Å². The lowest BCUT2D eigenvalue weighted by molar-refractivity contribution is 0.508. The summed E-state index contributed by atoms with van der Waals surface area (Å²) < 4.78 is 28.0. The summed E-state index contributed by atoms with van der Waals surface area (Å²) in [7, 11) is -3.53. The zero-order valence-electron chi connectivity index (χ0n) is 14.4. The van der Waals surface area contributed by atoms with Gasteiger partial charge in [0.25, 0.3) is 0 Å². The summed E-state index contributed by atoms with van der Waals surface area (Å²) in [6, 6.07) is 16.6. The van der Waals surface area contributed by atoms with Gasteiger partial charge in [0.15, 0.2) is 0 Å². The highest BCUT2D eigenvalue weighted by Gasteiger charge is 2.19. The van der Waals surface area contributed by atoms with Crippen LogP contribution in [-0.2, 0) is 10.0 Å². The second-order valence-corrected chi connectivity index (χ2v) is 8.15. The largest absolute Gasteiger partial charge is 0.241 e. The van der Waals surface area contributed by atoms with Gasteiger partial charge >= 0.3 is 0 Å². The molecule has 3 nitrogen and oxygen atoms in total. The van der Waals surface area contributed by atoms with Crippen LogP contribution in [0.15, 0.2) is 65.6 Å². The number of sulfonamides is 1. The van der Waals surface area contributed by atoms with Crippen molar-refractivity contribution in [3.05, 3.63) is 71.8 Å². The first kappa shape index (κ1) is 18.4. The lowest BCUT2D eigenvalue weighted by Crippen LogP contribution is -2.34. The Kier molecular flexibility index (Phi) is 6.35. The third kappa shape index (κ3) is 5.62. The Balaban J connectivity index is 2.18. The minimum atomic E-state index is -3.53. The van der Waals surface area contributed by atoms with Gasteiger partial charge in [-0.2, -0.15) is 0 Å². The minimum absolute atomic E-state index is 0.239. The average Bonchev–Trinajstić information content (AvgIpc) is 2.53. The molecule has 0 aromatic heterocycles. The summed E-state index contributed by atoms with van der Waals surface area (Å²) in [4.78, 5) is 0.301. The van der Waals surface area contributed by atoms with Crippen molar-refractivity contribution >= 4 is 16.1 Å². The molecule has 0 unspecified atom stereocenters. The van der Waals surface area contributed by atoms with Gasteiger partial charge in [-0.15, -0.1) is 0 Å². The van der Waals surface area contributed by atoms with Crippen LogP contribution in [0.4, 0.5) is 0 Å². The molecule has 0 aliphatic carbocycles. The molecule has 0 bridgehead atoms. The summed E-state index contributed by atoms with van der Waals surface area (Å²) in [6.45, 7) is 6.11. The molecule has 24 heavy (non-hydrogen) atoms. The maximum Gasteiger partial charge on any atom is 0.241 e. The van der Waals surface area contributed by atoms with Crippen molar-refractivity contribution in [1.82, 2.24) is 4.72 Å². The lowest BCUT2D eigenvalue weighted by Gasteiger charge is -2.17. The molecule has 0 heterocycles. The fraction of sp³-hybridized carbons (Fsp3) is 0.300. The second-order valence-electron chi connectivity index (χ2n) is 6.44. The van der Waals surface area contributed by atoms with Crippen LogP contribution in [0.3, 0.4) is 0 Å². The molecule has 0 fully saturated rings. The Morgan fingerprint density at radius 3 is 2.21 bits per heavy atom. The van der Waals surface area contributed by atoms with Gasteiger partial charge < -0.3 is 0 Å². The van der Waals surface area contributed by atoms with Crippen molar-refractivity contribution in [3.63, 3.8) is 0 Å². The highest BCUT2D eigenvalue weighted by atomic mass is 32.2. The first-order valence-electron chi connectivity index (χ1n) is 8.19. The molecule has 0 saturated heterocycles. The molecule has 4 heteroatoms. The summed E-state index contributed by atoms with van der Waals surface area (Å²) >= 11 is 0. The van der Waals surface area contributed by atoms with Crippen molar-refractivity contribution < 1.29 is 8.42 Å². The first-order valence-corrected chi connectivity index (χ1v) is 9.67. The number of hydrogen-bond donors (Lipinski definition) is 1. The molecular formula is C20H25NO2S. The van der Waals surface area contributed by atoms with Crippen LogP contribution in [0.2, 0.25) is 0 Å². The maximum atomic E-state index is 12.6. The molecule has 0 aliphatic rings.